The number of rotatable bonds is 10. The Balaban J connectivity index is 2.88. The summed E-state index contributed by atoms with van der Waals surface area (Å²) in [6, 6.07) is 4.42. The normalized spacial score (nSPS) is 13.0. The van der Waals surface area contributed by atoms with Gasteiger partial charge < -0.3 is 10.1 Å². The third kappa shape index (κ3) is 7.43. The zero-order valence-corrected chi connectivity index (χ0v) is 17.5. The van der Waals surface area contributed by atoms with Crippen LogP contribution in [-0.4, -0.2) is 40.6 Å². The van der Waals surface area contributed by atoms with Crippen molar-refractivity contribution in [2.45, 2.75) is 44.6 Å². The van der Waals surface area contributed by atoms with Crippen molar-refractivity contribution in [1.82, 2.24) is 10.0 Å². The SMILES string of the molecule is COCCNS(=O)(=O)c1ccc(Br)c(C(=O)NC(C)CCC(C)C)c1. The van der Waals surface area contributed by atoms with E-state index in [0.29, 0.717) is 16.0 Å². The lowest BCUT2D eigenvalue weighted by Crippen LogP contribution is -2.33. The number of methoxy groups -OCH3 is 1. The van der Waals surface area contributed by atoms with Crippen molar-refractivity contribution in [3.05, 3.63) is 28.2 Å². The van der Waals surface area contributed by atoms with Crippen LogP contribution in [0.15, 0.2) is 27.6 Å². The van der Waals surface area contributed by atoms with E-state index in [-0.39, 0.29) is 30.0 Å². The molecular weight excluding hydrogens is 408 g/mol. The van der Waals surface area contributed by atoms with E-state index in [1.165, 1.54) is 19.2 Å². The number of nitrogens with one attached hydrogen (secondary N) is 2. The Morgan fingerprint density at radius 1 is 1.24 bits per heavy atom. The first kappa shape index (κ1) is 22.1. The summed E-state index contributed by atoms with van der Waals surface area (Å²) in [4.78, 5) is 12.5. The second-order valence-corrected chi connectivity index (χ2v) is 9.00. The maximum atomic E-state index is 12.5. The molecular formula is C17H27BrN2O4S. The summed E-state index contributed by atoms with van der Waals surface area (Å²) in [5.74, 6) is 0.273. The molecule has 2 N–H and O–H groups in total. The summed E-state index contributed by atoms with van der Waals surface area (Å²) in [6.45, 7) is 6.66. The van der Waals surface area contributed by atoms with E-state index in [0.717, 1.165) is 12.8 Å². The number of sulfonamides is 1. The van der Waals surface area contributed by atoms with Gasteiger partial charge in [-0.2, -0.15) is 0 Å². The van der Waals surface area contributed by atoms with Gasteiger partial charge in [-0.3, -0.25) is 4.79 Å². The molecule has 0 saturated carbocycles. The quantitative estimate of drug-likeness (QED) is 0.554. The van der Waals surface area contributed by atoms with Gasteiger partial charge in [0.2, 0.25) is 10.0 Å². The molecule has 1 aromatic carbocycles. The molecule has 0 aliphatic heterocycles. The molecule has 6 nitrogen and oxygen atoms in total. The summed E-state index contributed by atoms with van der Waals surface area (Å²) in [7, 11) is -2.19. The third-order valence-electron chi connectivity index (χ3n) is 3.65. The van der Waals surface area contributed by atoms with Gasteiger partial charge in [0.1, 0.15) is 0 Å². The lowest BCUT2D eigenvalue weighted by atomic mass is 10.0. The van der Waals surface area contributed by atoms with E-state index in [1.54, 1.807) is 6.07 Å². The number of carbonyl (C=O) groups excluding carboxylic acids is 1. The average molecular weight is 435 g/mol. The molecule has 1 aromatic rings. The Hall–Kier alpha value is -0.960. The van der Waals surface area contributed by atoms with Crippen LogP contribution in [-0.2, 0) is 14.8 Å². The summed E-state index contributed by atoms with van der Waals surface area (Å²) in [5.41, 5.74) is 0.297. The van der Waals surface area contributed by atoms with E-state index >= 15 is 0 Å². The fraction of sp³-hybridized carbons (Fsp3) is 0.588. The molecule has 142 valence electrons. The summed E-state index contributed by atoms with van der Waals surface area (Å²) < 4.78 is 32.4. The zero-order valence-electron chi connectivity index (χ0n) is 15.1. The number of halogens is 1. The van der Waals surface area contributed by atoms with Crippen LogP contribution < -0.4 is 10.0 Å². The maximum absolute atomic E-state index is 12.5. The molecule has 0 bridgehead atoms. The van der Waals surface area contributed by atoms with Gasteiger partial charge in [0.05, 0.1) is 17.1 Å². The molecule has 8 heteroatoms. The first-order valence-electron chi connectivity index (χ1n) is 8.26. The van der Waals surface area contributed by atoms with Gasteiger partial charge in [-0.05, 0) is 59.8 Å². The fourth-order valence-electron chi connectivity index (χ4n) is 2.16. The monoisotopic (exact) mass is 434 g/mol. The molecule has 0 aliphatic rings. The van der Waals surface area contributed by atoms with Crippen LogP contribution in [0.4, 0.5) is 0 Å². The van der Waals surface area contributed by atoms with Crippen molar-refractivity contribution in [3.63, 3.8) is 0 Å². The van der Waals surface area contributed by atoms with E-state index in [1.807, 2.05) is 6.92 Å². The highest BCUT2D eigenvalue weighted by Gasteiger charge is 2.19. The molecule has 0 spiro atoms. The maximum Gasteiger partial charge on any atom is 0.252 e. The number of ether oxygens (including phenoxy) is 1. The van der Waals surface area contributed by atoms with Crippen molar-refractivity contribution in [2.75, 3.05) is 20.3 Å². The van der Waals surface area contributed by atoms with Crippen molar-refractivity contribution in [1.29, 1.82) is 0 Å². The Morgan fingerprint density at radius 2 is 1.92 bits per heavy atom. The Labute approximate surface area is 158 Å². The topological polar surface area (TPSA) is 84.5 Å². The van der Waals surface area contributed by atoms with Gasteiger partial charge in [0, 0.05) is 24.2 Å². The van der Waals surface area contributed by atoms with Gasteiger partial charge in [-0.25, -0.2) is 13.1 Å². The summed E-state index contributed by atoms with van der Waals surface area (Å²) in [5, 5.41) is 2.92. The molecule has 1 atom stereocenters. The van der Waals surface area contributed by atoms with Crippen molar-refractivity contribution < 1.29 is 17.9 Å². The Morgan fingerprint density at radius 3 is 2.52 bits per heavy atom. The lowest BCUT2D eigenvalue weighted by Gasteiger charge is -2.16. The van der Waals surface area contributed by atoms with Crippen LogP contribution in [0.3, 0.4) is 0 Å². The van der Waals surface area contributed by atoms with E-state index in [4.69, 9.17) is 4.74 Å². The van der Waals surface area contributed by atoms with Crippen LogP contribution in [0.2, 0.25) is 0 Å². The van der Waals surface area contributed by atoms with Crippen LogP contribution in [0.1, 0.15) is 44.0 Å². The molecule has 0 aromatic heterocycles. The number of amides is 1. The van der Waals surface area contributed by atoms with Crippen molar-refractivity contribution in [3.8, 4) is 0 Å². The predicted octanol–water partition coefficient (Wildman–Crippen LogP) is 2.93. The minimum atomic E-state index is -3.69. The van der Waals surface area contributed by atoms with Crippen LogP contribution >= 0.6 is 15.9 Å². The molecule has 0 radical (unpaired) electrons. The van der Waals surface area contributed by atoms with Crippen LogP contribution in [0.5, 0.6) is 0 Å². The second-order valence-electron chi connectivity index (χ2n) is 6.38. The minimum absolute atomic E-state index is 0.0156. The molecule has 1 amide bonds. The van der Waals surface area contributed by atoms with Crippen molar-refractivity contribution in [2.24, 2.45) is 5.92 Å². The summed E-state index contributed by atoms with van der Waals surface area (Å²) >= 11 is 3.32. The number of hydrogen-bond acceptors (Lipinski definition) is 4. The number of hydrogen-bond donors (Lipinski definition) is 2. The average Bonchev–Trinajstić information content (AvgIpc) is 2.53. The largest absolute Gasteiger partial charge is 0.383 e. The minimum Gasteiger partial charge on any atom is -0.383 e. The second kappa shape index (κ2) is 10.3. The van der Waals surface area contributed by atoms with E-state index in [2.05, 4.69) is 39.8 Å². The molecule has 0 heterocycles. The number of carbonyl (C=O) groups is 1. The molecule has 0 fully saturated rings. The van der Waals surface area contributed by atoms with Gasteiger partial charge in [-0.15, -0.1) is 0 Å². The first-order valence-corrected chi connectivity index (χ1v) is 10.5. The van der Waals surface area contributed by atoms with E-state index < -0.39 is 10.0 Å². The Bertz CT molecular complexity index is 677. The van der Waals surface area contributed by atoms with Gasteiger partial charge in [0.15, 0.2) is 0 Å². The predicted molar refractivity (Wildman–Crippen MR) is 102 cm³/mol. The highest BCUT2D eigenvalue weighted by molar-refractivity contribution is 9.10. The fourth-order valence-corrected chi connectivity index (χ4v) is 3.63. The summed E-state index contributed by atoms with van der Waals surface area (Å²) in [6.07, 6.45) is 1.89. The van der Waals surface area contributed by atoms with Gasteiger partial charge in [0.25, 0.3) is 5.91 Å². The van der Waals surface area contributed by atoms with Crippen molar-refractivity contribution >= 4 is 31.9 Å². The zero-order chi connectivity index (χ0) is 19.0. The smallest absolute Gasteiger partial charge is 0.252 e. The molecule has 1 rings (SSSR count). The molecule has 0 saturated heterocycles. The highest BCUT2D eigenvalue weighted by Crippen LogP contribution is 2.21. The standard InChI is InChI=1S/C17H27BrN2O4S/c1-12(2)5-6-13(3)20-17(21)15-11-14(7-8-16(15)18)25(22,23)19-9-10-24-4/h7-8,11-13,19H,5-6,9-10H2,1-4H3,(H,20,21). The highest BCUT2D eigenvalue weighted by atomic mass is 79.9. The molecule has 0 aliphatic carbocycles. The van der Waals surface area contributed by atoms with Crippen LogP contribution in [0, 0.1) is 5.92 Å². The molecule has 1 unspecified atom stereocenters. The van der Waals surface area contributed by atoms with E-state index in [9.17, 15) is 13.2 Å². The number of benzene rings is 1. The molecule has 25 heavy (non-hydrogen) atoms. The van der Waals surface area contributed by atoms with Crippen LogP contribution in [0.25, 0.3) is 0 Å². The Kier molecular flexibility index (Phi) is 9.06. The van der Waals surface area contributed by atoms with Gasteiger partial charge in [-0.1, -0.05) is 13.8 Å². The lowest BCUT2D eigenvalue weighted by molar-refractivity contribution is 0.0936. The first-order chi connectivity index (χ1) is 11.7. The van der Waals surface area contributed by atoms with Gasteiger partial charge >= 0.3 is 0 Å². The third-order valence-corrected chi connectivity index (χ3v) is 5.80.